The standard InChI is InChI=1S/C11H8F3NO3/c1-18-10(17)8-2-6(4-15)9(11(12,13)14)3-7(8)5-16/h2-3,16H,5H2,1H3. The highest BCUT2D eigenvalue weighted by Gasteiger charge is 2.35. The van der Waals surface area contributed by atoms with E-state index in [9.17, 15) is 18.0 Å². The summed E-state index contributed by atoms with van der Waals surface area (Å²) in [7, 11) is 1.05. The molecule has 1 aromatic carbocycles. The molecule has 0 amide bonds. The number of methoxy groups -OCH3 is 1. The molecule has 0 aliphatic carbocycles. The number of alkyl halides is 3. The first-order valence-electron chi connectivity index (χ1n) is 4.68. The van der Waals surface area contributed by atoms with Crippen molar-refractivity contribution in [2.24, 2.45) is 0 Å². The molecule has 1 rings (SSSR count). The maximum atomic E-state index is 12.6. The summed E-state index contributed by atoms with van der Waals surface area (Å²) in [6.07, 6.45) is -4.73. The molecule has 0 fully saturated rings. The van der Waals surface area contributed by atoms with Gasteiger partial charge in [0.1, 0.15) is 0 Å². The minimum absolute atomic E-state index is 0.242. The lowest BCUT2D eigenvalue weighted by molar-refractivity contribution is -0.137. The van der Waals surface area contributed by atoms with Crippen LogP contribution in [0.1, 0.15) is 27.0 Å². The van der Waals surface area contributed by atoms with E-state index in [2.05, 4.69) is 4.74 Å². The molecule has 0 atom stereocenters. The quantitative estimate of drug-likeness (QED) is 0.823. The molecule has 0 radical (unpaired) electrons. The highest BCUT2D eigenvalue weighted by Crippen LogP contribution is 2.33. The van der Waals surface area contributed by atoms with Crippen molar-refractivity contribution in [3.05, 3.63) is 34.4 Å². The van der Waals surface area contributed by atoms with Crippen LogP contribution >= 0.6 is 0 Å². The van der Waals surface area contributed by atoms with Crippen molar-refractivity contribution in [2.45, 2.75) is 12.8 Å². The van der Waals surface area contributed by atoms with Crippen molar-refractivity contribution in [3.8, 4) is 6.07 Å². The van der Waals surface area contributed by atoms with Gasteiger partial charge >= 0.3 is 12.1 Å². The van der Waals surface area contributed by atoms with Crippen molar-refractivity contribution < 1.29 is 27.8 Å². The minimum atomic E-state index is -4.73. The molecule has 1 N–H and O–H groups in total. The van der Waals surface area contributed by atoms with Crippen molar-refractivity contribution in [1.29, 1.82) is 5.26 Å². The summed E-state index contributed by atoms with van der Waals surface area (Å²) < 4.78 is 42.2. The SMILES string of the molecule is COC(=O)c1cc(C#N)c(C(F)(F)F)cc1CO. The van der Waals surface area contributed by atoms with Gasteiger partial charge in [0.2, 0.25) is 0 Å². The topological polar surface area (TPSA) is 70.3 Å². The second-order valence-electron chi connectivity index (χ2n) is 3.31. The van der Waals surface area contributed by atoms with E-state index >= 15 is 0 Å². The van der Waals surface area contributed by atoms with Gasteiger partial charge in [-0.05, 0) is 17.7 Å². The number of benzene rings is 1. The van der Waals surface area contributed by atoms with E-state index in [1.807, 2.05) is 0 Å². The van der Waals surface area contributed by atoms with Gasteiger partial charge in [0.15, 0.2) is 0 Å². The van der Waals surface area contributed by atoms with Crippen LogP contribution in [-0.2, 0) is 17.5 Å². The van der Waals surface area contributed by atoms with Crippen molar-refractivity contribution >= 4 is 5.97 Å². The molecule has 0 heterocycles. The first-order valence-corrected chi connectivity index (χ1v) is 4.68. The third-order valence-corrected chi connectivity index (χ3v) is 2.24. The fourth-order valence-corrected chi connectivity index (χ4v) is 1.40. The molecule has 7 heteroatoms. The maximum Gasteiger partial charge on any atom is 0.417 e. The fraction of sp³-hybridized carbons (Fsp3) is 0.273. The van der Waals surface area contributed by atoms with Crippen LogP contribution in [0.5, 0.6) is 0 Å². The summed E-state index contributed by atoms with van der Waals surface area (Å²) in [6.45, 7) is -0.765. The highest BCUT2D eigenvalue weighted by molar-refractivity contribution is 5.91. The fourth-order valence-electron chi connectivity index (χ4n) is 1.40. The molecule has 1 aromatic rings. The number of aliphatic hydroxyl groups is 1. The van der Waals surface area contributed by atoms with E-state index < -0.39 is 29.9 Å². The van der Waals surface area contributed by atoms with Crippen molar-refractivity contribution in [1.82, 2.24) is 0 Å². The Kier molecular flexibility index (Phi) is 3.93. The Morgan fingerprint density at radius 1 is 1.50 bits per heavy atom. The van der Waals surface area contributed by atoms with Gasteiger partial charge in [-0.15, -0.1) is 0 Å². The van der Waals surface area contributed by atoms with E-state index in [0.29, 0.717) is 6.07 Å². The summed E-state index contributed by atoms with van der Waals surface area (Å²) in [4.78, 5) is 11.3. The molecule has 18 heavy (non-hydrogen) atoms. The average molecular weight is 259 g/mol. The van der Waals surface area contributed by atoms with E-state index in [4.69, 9.17) is 10.4 Å². The summed E-state index contributed by atoms with van der Waals surface area (Å²) in [5, 5.41) is 17.6. The normalized spacial score (nSPS) is 10.9. The molecular weight excluding hydrogens is 251 g/mol. The summed E-state index contributed by atoms with van der Waals surface area (Å²) in [6, 6.07) is 2.70. The van der Waals surface area contributed by atoms with E-state index in [1.54, 1.807) is 0 Å². The predicted molar refractivity (Wildman–Crippen MR) is 53.4 cm³/mol. The summed E-state index contributed by atoms with van der Waals surface area (Å²) in [5.74, 6) is -0.913. The number of hydrogen-bond donors (Lipinski definition) is 1. The summed E-state index contributed by atoms with van der Waals surface area (Å²) >= 11 is 0. The van der Waals surface area contributed by atoms with Crippen LogP contribution in [0.15, 0.2) is 12.1 Å². The van der Waals surface area contributed by atoms with E-state index in [-0.39, 0.29) is 11.1 Å². The van der Waals surface area contributed by atoms with Gasteiger partial charge in [0.25, 0.3) is 0 Å². The van der Waals surface area contributed by atoms with Crippen LogP contribution in [-0.4, -0.2) is 18.2 Å². The number of rotatable bonds is 2. The molecule has 0 bridgehead atoms. The van der Waals surface area contributed by atoms with Gasteiger partial charge in [-0.3, -0.25) is 0 Å². The van der Waals surface area contributed by atoms with Gasteiger partial charge < -0.3 is 9.84 Å². The van der Waals surface area contributed by atoms with Crippen LogP contribution in [0, 0.1) is 11.3 Å². The second-order valence-corrected chi connectivity index (χ2v) is 3.31. The Balaban J connectivity index is 3.53. The zero-order chi connectivity index (χ0) is 13.9. The Bertz CT molecular complexity index is 517. The number of esters is 1. The van der Waals surface area contributed by atoms with Gasteiger partial charge in [0, 0.05) is 0 Å². The molecule has 0 spiro atoms. The van der Waals surface area contributed by atoms with Crippen molar-refractivity contribution in [2.75, 3.05) is 7.11 Å². The average Bonchev–Trinajstić information content (AvgIpc) is 2.34. The van der Waals surface area contributed by atoms with Crippen LogP contribution in [0.4, 0.5) is 13.2 Å². The number of nitriles is 1. The van der Waals surface area contributed by atoms with Gasteiger partial charge in [0.05, 0.1) is 36.5 Å². The lowest BCUT2D eigenvalue weighted by Gasteiger charge is -2.13. The molecule has 96 valence electrons. The molecule has 0 saturated heterocycles. The molecule has 0 unspecified atom stereocenters. The third-order valence-electron chi connectivity index (χ3n) is 2.24. The summed E-state index contributed by atoms with van der Waals surface area (Å²) in [5.41, 5.74) is -2.39. The molecule has 4 nitrogen and oxygen atoms in total. The van der Waals surface area contributed by atoms with Gasteiger partial charge in [-0.1, -0.05) is 0 Å². The Labute approximate surface area is 100 Å². The van der Waals surface area contributed by atoms with Crippen LogP contribution in [0.25, 0.3) is 0 Å². The minimum Gasteiger partial charge on any atom is -0.465 e. The van der Waals surface area contributed by atoms with Crippen molar-refractivity contribution in [3.63, 3.8) is 0 Å². The third kappa shape index (κ3) is 2.60. The Morgan fingerprint density at radius 3 is 2.50 bits per heavy atom. The second kappa shape index (κ2) is 5.06. The number of halogens is 3. The lowest BCUT2D eigenvalue weighted by atomic mass is 9.99. The van der Waals surface area contributed by atoms with Gasteiger partial charge in [-0.2, -0.15) is 18.4 Å². The van der Waals surface area contributed by atoms with Gasteiger partial charge in [-0.25, -0.2) is 4.79 Å². The van der Waals surface area contributed by atoms with Crippen LogP contribution in [0.2, 0.25) is 0 Å². The lowest BCUT2D eigenvalue weighted by Crippen LogP contribution is -2.13. The number of nitrogens with zero attached hydrogens (tertiary/aromatic N) is 1. The monoisotopic (exact) mass is 259 g/mol. The largest absolute Gasteiger partial charge is 0.465 e. The molecule has 0 aromatic heterocycles. The van der Waals surface area contributed by atoms with Crippen LogP contribution < -0.4 is 0 Å². The van der Waals surface area contributed by atoms with E-state index in [0.717, 1.165) is 13.2 Å². The molecule has 0 aliphatic rings. The number of ether oxygens (including phenoxy) is 1. The van der Waals surface area contributed by atoms with Crippen LogP contribution in [0.3, 0.4) is 0 Å². The smallest absolute Gasteiger partial charge is 0.417 e. The maximum absolute atomic E-state index is 12.6. The van der Waals surface area contributed by atoms with E-state index in [1.165, 1.54) is 6.07 Å². The number of hydrogen-bond acceptors (Lipinski definition) is 4. The zero-order valence-electron chi connectivity index (χ0n) is 9.21. The predicted octanol–water partition coefficient (Wildman–Crippen LogP) is 1.86. The molecule has 0 aliphatic heterocycles. The zero-order valence-corrected chi connectivity index (χ0v) is 9.21. The molecular formula is C11H8F3NO3. The first-order chi connectivity index (χ1) is 8.35. The highest BCUT2D eigenvalue weighted by atomic mass is 19.4. The Morgan fingerprint density at radius 2 is 2.11 bits per heavy atom. The first kappa shape index (κ1) is 14.0. The number of carbonyl (C=O) groups excluding carboxylic acids is 1. The molecule has 0 saturated carbocycles. The number of carbonyl (C=O) groups is 1. The Hall–Kier alpha value is -2.07. The number of aliphatic hydroxyl groups excluding tert-OH is 1.